The Morgan fingerprint density at radius 2 is 2.30 bits per heavy atom. The Morgan fingerprint density at radius 1 is 1.70 bits per heavy atom. The lowest BCUT2D eigenvalue weighted by atomic mass is 9.89. The van der Waals surface area contributed by atoms with Crippen LogP contribution in [-0.2, 0) is 9.59 Å². The van der Waals surface area contributed by atoms with Crippen molar-refractivity contribution in [3.8, 4) is 0 Å². The molecule has 0 aromatic heterocycles. The fourth-order valence-corrected chi connectivity index (χ4v) is 1.45. The van der Waals surface area contributed by atoms with Crippen molar-refractivity contribution in [2.75, 3.05) is 0 Å². The molecule has 0 aromatic rings. The van der Waals surface area contributed by atoms with Gasteiger partial charge in [0.1, 0.15) is 12.1 Å². The Morgan fingerprint density at radius 3 is 2.50 bits per heavy atom. The van der Waals surface area contributed by atoms with Crippen LogP contribution in [-0.4, -0.2) is 12.1 Å². The van der Waals surface area contributed by atoms with E-state index in [1.54, 1.807) is 6.92 Å². The van der Waals surface area contributed by atoms with E-state index in [0.717, 1.165) is 19.1 Å². The highest BCUT2D eigenvalue weighted by Gasteiger charge is 2.41. The Labute approximate surface area is 60.6 Å². The second-order valence-corrected chi connectivity index (χ2v) is 3.34. The molecule has 10 heavy (non-hydrogen) atoms. The minimum Gasteiger partial charge on any atom is -0.302 e. The highest BCUT2D eigenvalue weighted by molar-refractivity contribution is 6.00. The van der Waals surface area contributed by atoms with Gasteiger partial charge in [-0.15, -0.1) is 0 Å². The first-order chi connectivity index (χ1) is 4.60. The average molecular weight is 140 g/mol. The maximum atomic E-state index is 11.2. The van der Waals surface area contributed by atoms with Gasteiger partial charge >= 0.3 is 0 Å². The lowest BCUT2D eigenvalue weighted by Crippen LogP contribution is -2.25. The fraction of sp³-hybridized carbons (Fsp3) is 0.750. The van der Waals surface area contributed by atoms with Gasteiger partial charge in [0.15, 0.2) is 0 Å². The smallest absolute Gasteiger partial charge is 0.148 e. The van der Waals surface area contributed by atoms with Crippen LogP contribution in [0.2, 0.25) is 0 Å². The maximum absolute atomic E-state index is 11.2. The summed E-state index contributed by atoms with van der Waals surface area (Å²) in [7, 11) is 0. The summed E-state index contributed by atoms with van der Waals surface area (Å²) in [4.78, 5) is 21.7. The van der Waals surface area contributed by atoms with Crippen molar-refractivity contribution < 1.29 is 9.59 Å². The standard InChI is InChI=1S/C8H12O2/c1-6-3-4-8(2,5-9)7(6)10/h5-6H,3-4H2,1-2H3/t6-,8-/m0/s1. The van der Waals surface area contributed by atoms with Crippen LogP contribution >= 0.6 is 0 Å². The summed E-state index contributed by atoms with van der Waals surface area (Å²) < 4.78 is 0. The summed E-state index contributed by atoms with van der Waals surface area (Å²) in [6.07, 6.45) is 2.39. The molecule has 56 valence electrons. The van der Waals surface area contributed by atoms with Crippen molar-refractivity contribution in [3.63, 3.8) is 0 Å². The van der Waals surface area contributed by atoms with E-state index in [2.05, 4.69) is 0 Å². The summed E-state index contributed by atoms with van der Waals surface area (Å²) in [6.45, 7) is 3.61. The molecule has 0 saturated heterocycles. The molecule has 0 radical (unpaired) electrons. The van der Waals surface area contributed by atoms with Gasteiger partial charge in [0.25, 0.3) is 0 Å². The summed E-state index contributed by atoms with van der Waals surface area (Å²) in [5.74, 6) is 0.206. The van der Waals surface area contributed by atoms with Crippen molar-refractivity contribution in [2.24, 2.45) is 11.3 Å². The Balaban J connectivity index is 2.83. The van der Waals surface area contributed by atoms with Crippen LogP contribution in [0.1, 0.15) is 26.7 Å². The van der Waals surface area contributed by atoms with Crippen molar-refractivity contribution in [2.45, 2.75) is 26.7 Å². The molecule has 1 saturated carbocycles. The predicted molar refractivity (Wildman–Crippen MR) is 37.6 cm³/mol. The van der Waals surface area contributed by atoms with E-state index in [1.807, 2.05) is 6.92 Å². The maximum Gasteiger partial charge on any atom is 0.148 e. The molecule has 1 aliphatic carbocycles. The third-order valence-corrected chi connectivity index (χ3v) is 2.37. The molecule has 0 aromatic carbocycles. The normalized spacial score (nSPS) is 40.2. The fourth-order valence-electron chi connectivity index (χ4n) is 1.45. The second kappa shape index (κ2) is 2.19. The number of rotatable bonds is 1. The second-order valence-electron chi connectivity index (χ2n) is 3.34. The SMILES string of the molecule is C[C@H]1CC[C@@](C)(C=O)C1=O. The van der Waals surface area contributed by atoms with Gasteiger partial charge in [-0.05, 0) is 19.8 Å². The molecule has 2 heteroatoms. The number of hydrogen-bond donors (Lipinski definition) is 0. The van der Waals surface area contributed by atoms with Crippen molar-refractivity contribution in [1.29, 1.82) is 0 Å². The van der Waals surface area contributed by atoms with E-state index in [-0.39, 0.29) is 11.7 Å². The third-order valence-electron chi connectivity index (χ3n) is 2.37. The number of aldehydes is 1. The van der Waals surface area contributed by atoms with E-state index in [1.165, 1.54) is 0 Å². The zero-order valence-corrected chi connectivity index (χ0v) is 6.39. The number of carbonyl (C=O) groups excluding carboxylic acids is 2. The van der Waals surface area contributed by atoms with Crippen LogP contribution in [0.25, 0.3) is 0 Å². The topological polar surface area (TPSA) is 34.1 Å². The number of hydrogen-bond acceptors (Lipinski definition) is 2. The molecule has 0 amide bonds. The monoisotopic (exact) mass is 140 g/mol. The van der Waals surface area contributed by atoms with Gasteiger partial charge in [0, 0.05) is 5.92 Å². The first-order valence-electron chi connectivity index (χ1n) is 3.61. The van der Waals surface area contributed by atoms with E-state index >= 15 is 0 Å². The largest absolute Gasteiger partial charge is 0.302 e. The molecule has 1 rings (SSSR count). The highest BCUT2D eigenvalue weighted by Crippen LogP contribution is 2.35. The molecule has 0 bridgehead atoms. The summed E-state index contributed by atoms with van der Waals surface area (Å²) in [5.41, 5.74) is -0.653. The summed E-state index contributed by atoms with van der Waals surface area (Å²) in [6, 6.07) is 0. The van der Waals surface area contributed by atoms with Gasteiger partial charge < -0.3 is 4.79 Å². The van der Waals surface area contributed by atoms with E-state index in [4.69, 9.17) is 0 Å². The van der Waals surface area contributed by atoms with Crippen molar-refractivity contribution in [3.05, 3.63) is 0 Å². The minimum atomic E-state index is -0.653. The van der Waals surface area contributed by atoms with Crippen LogP contribution in [0.3, 0.4) is 0 Å². The van der Waals surface area contributed by atoms with Crippen LogP contribution in [0.15, 0.2) is 0 Å². The van der Waals surface area contributed by atoms with E-state index < -0.39 is 5.41 Å². The molecule has 2 atom stereocenters. The van der Waals surface area contributed by atoms with E-state index in [9.17, 15) is 9.59 Å². The van der Waals surface area contributed by atoms with Crippen LogP contribution in [0, 0.1) is 11.3 Å². The molecule has 0 aliphatic heterocycles. The van der Waals surface area contributed by atoms with Crippen molar-refractivity contribution in [1.82, 2.24) is 0 Å². The van der Waals surface area contributed by atoms with Gasteiger partial charge in [-0.3, -0.25) is 4.79 Å². The first kappa shape index (κ1) is 7.45. The summed E-state index contributed by atoms with van der Waals surface area (Å²) in [5, 5.41) is 0. The Hall–Kier alpha value is -0.660. The summed E-state index contributed by atoms with van der Waals surface area (Å²) >= 11 is 0. The number of carbonyl (C=O) groups is 2. The van der Waals surface area contributed by atoms with Gasteiger partial charge in [-0.2, -0.15) is 0 Å². The van der Waals surface area contributed by atoms with Gasteiger partial charge in [-0.1, -0.05) is 6.92 Å². The molecule has 0 N–H and O–H groups in total. The van der Waals surface area contributed by atoms with E-state index in [0.29, 0.717) is 0 Å². The zero-order valence-electron chi connectivity index (χ0n) is 6.39. The number of Topliss-reactive ketones (excluding diaryl/α,β-unsaturated/α-hetero) is 1. The molecule has 2 nitrogen and oxygen atoms in total. The number of ketones is 1. The molecule has 0 unspecified atom stereocenters. The predicted octanol–water partition coefficient (Wildman–Crippen LogP) is 1.19. The molecule has 0 spiro atoms. The molecular formula is C8H12O2. The molecular weight excluding hydrogens is 128 g/mol. The third kappa shape index (κ3) is 0.877. The lowest BCUT2D eigenvalue weighted by molar-refractivity contribution is -0.132. The Bertz CT molecular complexity index is 174. The van der Waals surface area contributed by atoms with Crippen molar-refractivity contribution >= 4 is 12.1 Å². The molecule has 0 heterocycles. The lowest BCUT2D eigenvalue weighted by Gasteiger charge is -2.11. The van der Waals surface area contributed by atoms with Gasteiger partial charge in [0.2, 0.25) is 0 Å². The molecule has 1 fully saturated rings. The quantitative estimate of drug-likeness (QED) is 0.405. The zero-order chi connectivity index (χ0) is 7.78. The van der Waals surface area contributed by atoms with Crippen LogP contribution in [0.4, 0.5) is 0 Å². The minimum absolute atomic E-state index is 0.0928. The highest BCUT2D eigenvalue weighted by atomic mass is 16.1. The average Bonchev–Trinajstić information content (AvgIpc) is 2.19. The van der Waals surface area contributed by atoms with Gasteiger partial charge in [0.05, 0.1) is 5.41 Å². The Kier molecular flexibility index (Phi) is 1.63. The molecule has 1 aliphatic rings. The first-order valence-corrected chi connectivity index (χ1v) is 3.61. The van der Waals surface area contributed by atoms with Crippen LogP contribution < -0.4 is 0 Å². The van der Waals surface area contributed by atoms with Gasteiger partial charge in [-0.25, -0.2) is 0 Å². The van der Waals surface area contributed by atoms with Crippen LogP contribution in [0.5, 0.6) is 0 Å².